The van der Waals surface area contributed by atoms with Crippen LogP contribution in [-0.2, 0) is 69.1 Å². The fourth-order valence-corrected chi connectivity index (χ4v) is 11.9. The van der Waals surface area contributed by atoms with Gasteiger partial charge in [-0.1, -0.05) is 120 Å². The number of carbonyl (C=O) groups is 2. The third kappa shape index (κ3) is 19.6. The van der Waals surface area contributed by atoms with E-state index in [-0.39, 0.29) is 71.6 Å². The first-order chi connectivity index (χ1) is 67.0. The molecule has 8 aromatic carbocycles. The Morgan fingerprint density at radius 2 is 0.915 bits per heavy atom. The Labute approximate surface area is 675 Å². The van der Waals surface area contributed by atoms with Crippen molar-refractivity contribution in [3.63, 3.8) is 0 Å². The number of methoxy groups -OCH3 is 2. The highest BCUT2D eigenvalue weighted by Crippen LogP contribution is 2.36. The van der Waals surface area contributed by atoms with Gasteiger partial charge in [-0.25, -0.2) is 17.6 Å². The standard InChI is InChI=1S/2C41H40F5N3O3S/c2*1-27-6-15-36-34(22-27)37(50)23-39(53-26-31-4-3-5-35(42)40(31)43)49(36)25-38(51)48(33-16-18-47(19-17-33)20-21-52-2)24-28-7-9-29(10-8-28)30-11-13-32(14-12-30)41(44,45)46/h2*3-15,22-23,33H,16-21,24-26H2,1-2H3/i2D3,6D,15D,16D2,17D2,18D2,19D2,20D2,21D2,22D,23D,26D2,33D;2D3,6D,15D,16D2,17D2,18D2,19D2,20D2,21D2,22D,23D,33D. The van der Waals surface area contributed by atoms with Crippen LogP contribution in [0.15, 0.2) is 201 Å². The topological polar surface area (TPSA) is 110 Å². The number of piperidine rings is 2. The molecule has 2 fully saturated rings. The summed E-state index contributed by atoms with van der Waals surface area (Å²) < 4.78 is 513. The second-order valence-electron chi connectivity index (χ2n) is 22.4. The van der Waals surface area contributed by atoms with E-state index in [0.717, 1.165) is 110 Å². The average molecular weight is 1540 g/mol. The lowest BCUT2D eigenvalue weighted by Crippen LogP contribution is -2.48. The quantitative estimate of drug-likeness (QED) is 0.0428. The number of likely N-dealkylation sites (tertiary alicyclic amines) is 2. The zero-order chi connectivity index (χ0) is 113. The minimum absolute atomic E-state index is 0.0500. The van der Waals surface area contributed by atoms with Crippen LogP contribution in [0.2, 0.25) is 0 Å². The van der Waals surface area contributed by atoms with Crippen molar-refractivity contribution in [3.05, 3.63) is 270 Å². The van der Waals surface area contributed by atoms with E-state index < -0.39 is 306 Å². The zero-order valence-corrected chi connectivity index (χ0v) is 56.1. The number of thioether (sulfide) groups is 2. The van der Waals surface area contributed by atoms with Crippen LogP contribution in [0, 0.1) is 37.1 Å². The van der Waals surface area contributed by atoms with Crippen molar-refractivity contribution in [2.24, 2.45) is 0 Å². The largest absolute Gasteiger partial charge is 0.416 e. The Bertz CT molecular complexity index is 6950. The van der Waals surface area contributed by atoms with E-state index in [9.17, 15) is 62.8 Å². The van der Waals surface area contributed by atoms with Crippen LogP contribution < -0.4 is 10.9 Å². The second-order valence-corrected chi connectivity index (χ2v) is 24.2. The highest BCUT2D eigenvalue weighted by molar-refractivity contribution is 7.98. The highest BCUT2D eigenvalue weighted by Gasteiger charge is 2.34. The molecule has 12 nitrogen and oxygen atoms in total. The van der Waals surface area contributed by atoms with Crippen LogP contribution in [0.5, 0.6) is 0 Å². The fourth-order valence-electron chi connectivity index (χ4n) is 10.1. The predicted octanol–water partition coefficient (Wildman–Crippen LogP) is 17.4. The van der Waals surface area contributed by atoms with Gasteiger partial charge < -0.3 is 38.2 Å². The molecule has 2 aliphatic heterocycles. The van der Waals surface area contributed by atoms with Gasteiger partial charge in [0.05, 0.1) is 72.7 Å². The SMILES string of the molecule is [2H]c1c(C)c([2H])c2c(=O)c([2H])c(SC([2H])([2H])c3cccc(F)c3F)n(CC(=O)N(Cc3ccc(-c4ccc(C(F)(F)F)cc4)cc3)C3([2H])C([2H])([2H])C([2H])([2H])N(C([2H])([2H])C([2H])([2H])OC([2H])([2H])[2H])C([2H])([2H])C3([2H])[2H])c2c1[2H].[2H]c1c(C)c([2H])c2c(=O)c([2H])c(SCc3cccc(F)c3F)n(CC(=O)N(Cc3ccc(-c4ccc(C(F)(F)F)cc4)cc3)C3([2H])C([2H])([2H])C([2H])([2H])N(C([2H])([2H])C([2H])([2H])OC([2H])([2H])[2H])C([2H])([2H])C3([2H])[2H])c2c1[2H]. The molecule has 0 N–H and O–H groups in total. The number of fused-ring (bicyclic) bond motifs is 2. The van der Waals surface area contributed by atoms with Gasteiger partial charge in [0.2, 0.25) is 11.8 Å². The summed E-state index contributed by atoms with van der Waals surface area (Å²) in [6.07, 6.45) is -27.6. The number of carbonyl (C=O) groups excluding carboxylic acids is 2. The second kappa shape index (κ2) is 35.1. The lowest BCUT2D eigenvalue weighted by atomic mass is 10.00. The molecular formula is C82H80F10N6O6S2. The first-order valence-corrected chi connectivity index (χ1v) is 32.4. The van der Waals surface area contributed by atoms with Gasteiger partial charge in [0.25, 0.3) is 0 Å². The molecule has 24 heteroatoms. The van der Waals surface area contributed by atoms with E-state index in [0.29, 0.717) is 27.0 Å². The molecule has 0 aliphatic carbocycles. The third-order valence-electron chi connectivity index (χ3n) is 15.3. The van der Waals surface area contributed by atoms with Crippen molar-refractivity contribution in [3.8, 4) is 22.3 Å². The van der Waals surface area contributed by atoms with Gasteiger partial charge in [0, 0.05) is 154 Å². The monoisotopic (exact) mass is 1540 g/mol. The first-order valence-electron chi connectivity index (χ1n) is 51.6. The maximum absolute atomic E-state index is 15.5. The molecule has 0 saturated carbocycles. The van der Waals surface area contributed by atoms with Crippen LogP contribution in [0.1, 0.15) is 128 Å². The molecule has 12 rings (SSSR count). The summed E-state index contributed by atoms with van der Waals surface area (Å²) in [5.41, 5.74) is -11.4. The van der Waals surface area contributed by atoms with Crippen LogP contribution in [0.25, 0.3) is 44.1 Å². The minimum Gasteiger partial charge on any atom is -0.383 e. The smallest absolute Gasteiger partial charge is 0.383 e. The van der Waals surface area contributed by atoms with Gasteiger partial charge >= 0.3 is 12.4 Å². The Kier molecular flexibility index (Phi) is 13.3. The Balaban J connectivity index is 0.000000281. The van der Waals surface area contributed by atoms with Crippen molar-refractivity contribution >= 4 is 57.1 Å². The predicted molar refractivity (Wildman–Crippen MR) is 395 cm³/mol. The molecule has 2 aromatic heterocycles. The summed E-state index contributed by atoms with van der Waals surface area (Å²) in [6, 6.07) is 6.08. The molecule has 4 heterocycles. The minimum atomic E-state index is -4.72. The highest BCUT2D eigenvalue weighted by atomic mass is 32.2. The van der Waals surface area contributed by atoms with E-state index in [2.05, 4.69) is 9.47 Å². The first kappa shape index (κ1) is 40.2. The molecule has 2 saturated heterocycles. The number of rotatable bonds is 24. The summed E-state index contributed by atoms with van der Waals surface area (Å²) in [4.78, 5) is 56.6. The Morgan fingerprint density at radius 3 is 1.31 bits per heavy atom. The number of hydrogen-bond donors (Lipinski definition) is 0. The molecule has 0 bridgehead atoms. The molecule has 0 spiro atoms. The fraction of sp³-hybridized carbons (Fsp3) is 0.317. The number of alkyl halides is 6. The number of benzene rings is 8. The van der Waals surface area contributed by atoms with Gasteiger partial charge in [-0.15, -0.1) is 23.5 Å². The molecule has 2 aliphatic rings. The van der Waals surface area contributed by atoms with E-state index in [1.54, 1.807) is 0 Å². The molecule has 0 atom stereocenters. The van der Waals surface area contributed by atoms with Gasteiger partial charge in [0.15, 0.2) is 34.1 Å². The van der Waals surface area contributed by atoms with E-state index >= 15 is 14.0 Å². The molecule has 0 unspecified atom stereocenters. The van der Waals surface area contributed by atoms with Crippen molar-refractivity contribution < 1.29 is 121 Å². The van der Waals surface area contributed by atoms with Crippen molar-refractivity contribution in [1.29, 1.82) is 0 Å². The third-order valence-corrected chi connectivity index (χ3v) is 17.2. The molecule has 556 valence electrons. The van der Waals surface area contributed by atoms with Crippen molar-refractivity contribution in [2.75, 3.05) is 66.2 Å². The number of hydrogen-bond acceptors (Lipinski definition) is 10. The van der Waals surface area contributed by atoms with Crippen LogP contribution >= 0.6 is 23.5 Å². The number of halogens is 10. The summed E-state index contributed by atoms with van der Waals surface area (Å²) >= 11 is 0.128. The van der Waals surface area contributed by atoms with Gasteiger partial charge in [-0.05, 0) is 133 Å². The molecular weight excluding hydrogens is 1420 g/mol. The van der Waals surface area contributed by atoms with Gasteiger partial charge in [0.1, 0.15) is 13.1 Å². The maximum atomic E-state index is 15.5. The Hall–Kier alpha value is -9.04. The van der Waals surface area contributed by atoms with E-state index in [1.165, 1.54) is 31.2 Å². The Morgan fingerprint density at radius 1 is 0.538 bits per heavy atom. The number of ether oxygens (including phenoxy) is 2. The number of pyridine rings is 2. The maximum Gasteiger partial charge on any atom is 0.416 e. The van der Waals surface area contributed by atoms with Crippen LogP contribution in [-0.4, -0.2) is 119 Å². The molecule has 0 radical (unpaired) electrons. The van der Waals surface area contributed by atoms with Gasteiger partial charge in [-0.3, -0.25) is 19.2 Å². The molecule has 2 amide bonds. The molecule has 10 aromatic rings. The van der Waals surface area contributed by atoms with E-state index in [1.807, 2.05) is 0 Å². The number of aromatic nitrogens is 2. The summed E-state index contributed by atoms with van der Waals surface area (Å²) in [5.74, 6) is -10.3. The zero-order valence-electron chi connectivity index (χ0n) is 96.5. The number of nitrogens with zero attached hydrogens (tertiary/aromatic N) is 6. The van der Waals surface area contributed by atoms with Gasteiger partial charge in [-0.2, -0.15) is 26.3 Å². The lowest BCUT2D eigenvalue weighted by Gasteiger charge is -2.39. The summed E-state index contributed by atoms with van der Waals surface area (Å²) in [5, 5.41) is -3.34. The summed E-state index contributed by atoms with van der Waals surface area (Å²) in [6.45, 7) is -39.4. The molecule has 106 heavy (non-hydrogen) atoms. The van der Waals surface area contributed by atoms with Crippen molar-refractivity contribution in [1.82, 2.24) is 28.7 Å². The van der Waals surface area contributed by atoms with E-state index in [4.69, 9.17) is 43.9 Å². The number of amides is 2. The average Bonchev–Trinajstić information content (AvgIpc) is 0.657. The van der Waals surface area contributed by atoms with Crippen LogP contribution in [0.3, 0.4) is 0 Å². The normalized spacial score (nSPS) is 25.3. The summed E-state index contributed by atoms with van der Waals surface area (Å²) in [7, 11) is -7.69. The van der Waals surface area contributed by atoms with Crippen LogP contribution in [0.4, 0.5) is 43.9 Å². The van der Waals surface area contributed by atoms with Crippen molar-refractivity contribution in [2.45, 2.75) is 111 Å². The lowest BCUT2D eigenvalue weighted by molar-refractivity contribution is -0.138.